The quantitative estimate of drug-likeness (QED) is 0.775. The molecule has 2 unspecified atom stereocenters. The lowest BCUT2D eigenvalue weighted by Crippen LogP contribution is -2.48. The van der Waals surface area contributed by atoms with Crippen molar-refractivity contribution in [3.8, 4) is 0 Å². The molecule has 0 spiro atoms. The van der Waals surface area contributed by atoms with Gasteiger partial charge in [0.15, 0.2) is 11.6 Å². The third kappa shape index (κ3) is 3.36. The standard InChI is InChI=1S/C14H16F2N2O3/c1-7(14(20)21)18-13(19)12-9(4-5-17-12)8-2-3-10(15)11(16)6-8/h2-3,6-7,9,12,17H,4-5H2,1H3,(H,18,19)(H,20,21)/t7-,9?,12?/m0/s1. The summed E-state index contributed by atoms with van der Waals surface area (Å²) < 4.78 is 26.3. The van der Waals surface area contributed by atoms with E-state index in [4.69, 9.17) is 5.11 Å². The number of amides is 1. The van der Waals surface area contributed by atoms with Crippen molar-refractivity contribution < 1.29 is 23.5 Å². The highest BCUT2D eigenvalue weighted by molar-refractivity contribution is 5.87. The van der Waals surface area contributed by atoms with E-state index in [1.807, 2.05) is 0 Å². The first kappa shape index (κ1) is 15.4. The van der Waals surface area contributed by atoms with Crippen LogP contribution in [0.25, 0.3) is 0 Å². The summed E-state index contributed by atoms with van der Waals surface area (Å²) in [5.74, 6) is -3.81. The predicted molar refractivity (Wildman–Crippen MR) is 70.7 cm³/mol. The van der Waals surface area contributed by atoms with Gasteiger partial charge >= 0.3 is 5.97 Å². The minimum atomic E-state index is -1.13. The maximum atomic E-state index is 13.3. The summed E-state index contributed by atoms with van der Waals surface area (Å²) in [6.07, 6.45) is 0.588. The Bertz CT molecular complexity index is 565. The highest BCUT2D eigenvalue weighted by atomic mass is 19.2. The van der Waals surface area contributed by atoms with Gasteiger partial charge in [-0.25, -0.2) is 8.78 Å². The van der Waals surface area contributed by atoms with Crippen LogP contribution in [0.3, 0.4) is 0 Å². The molecule has 1 aromatic carbocycles. The summed E-state index contributed by atoms with van der Waals surface area (Å²) >= 11 is 0. The molecule has 1 fully saturated rings. The molecule has 1 aliphatic heterocycles. The molecule has 1 amide bonds. The molecule has 3 N–H and O–H groups in total. The van der Waals surface area contributed by atoms with Gasteiger partial charge in [0.25, 0.3) is 0 Å². The molecular formula is C14H16F2N2O3. The number of carbonyl (C=O) groups excluding carboxylic acids is 1. The highest BCUT2D eigenvalue weighted by Gasteiger charge is 2.35. The van der Waals surface area contributed by atoms with Crippen LogP contribution in [0.4, 0.5) is 8.78 Å². The number of benzene rings is 1. The Labute approximate surface area is 120 Å². The van der Waals surface area contributed by atoms with Crippen LogP contribution >= 0.6 is 0 Å². The van der Waals surface area contributed by atoms with Crippen molar-refractivity contribution in [3.63, 3.8) is 0 Å². The van der Waals surface area contributed by atoms with Crippen molar-refractivity contribution in [1.29, 1.82) is 0 Å². The SMILES string of the molecule is C[C@H](NC(=O)C1NCCC1c1ccc(F)c(F)c1)C(=O)O. The molecule has 7 heteroatoms. The van der Waals surface area contributed by atoms with Gasteiger partial charge in [0.05, 0.1) is 6.04 Å². The minimum Gasteiger partial charge on any atom is -0.480 e. The normalized spacial score (nSPS) is 22.8. The Morgan fingerprint density at radius 2 is 2.10 bits per heavy atom. The monoisotopic (exact) mass is 298 g/mol. The van der Waals surface area contributed by atoms with Crippen molar-refractivity contribution in [2.45, 2.75) is 31.3 Å². The molecule has 0 bridgehead atoms. The smallest absolute Gasteiger partial charge is 0.325 e. The van der Waals surface area contributed by atoms with Crippen molar-refractivity contribution >= 4 is 11.9 Å². The maximum Gasteiger partial charge on any atom is 0.325 e. The van der Waals surface area contributed by atoms with Gasteiger partial charge in [-0.2, -0.15) is 0 Å². The van der Waals surface area contributed by atoms with E-state index in [9.17, 15) is 18.4 Å². The number of halogens is 2. The molecule has 0 aromatic heterocycles. The molecule has 3 atom stereocenters. The molecular weight excluding hydrogens is 282 g/mol. The van der Waals surface area contributed by atoms with E-state index in [0.717, 1.165) is 12.1 Å². The van der Waals surface area contributed by atoms with Gasteiger partial charge in [-0.3, -0.25) is 9.59 Å². The Balaban J connectivity index is 2.14. The van der Waals surface area contributed by atoms with Gasteiger partial charge in [-0.1, -0.05) is 6.07 Å². The second kappa shape index (κ2) is 6.17. The molecule has 21 heavy (non-hydrogen) atoms. The van der Waals surface area contributed by atoms with Crippen LogP contribution in [0, 0.1) is 11.6 Å². The van der Waals surface area contributed by atoms with Crippen molar-refractivity contribution in [1.82, 2.24) is 10.6 Å². The number of carbonyl (C=O) groups is 2. The van der Waals surface area contributed by atoms with Gasteiger partial charge in [-0.15, -0.1) is 0 Å². The zero-order valence-corrected chi connectivity index (χ0v) is 11.4. The molecule has 1 heterocycles. The lowest BCUT2D eigenvalue weighted by Gasteiger charge is -2.21. The Morgan fingerprint density at radius 1 is 1.38 bits per heavy atom. The van der Waals surface area contributed by atoms with Crippen molar-refractivity contribution in [3.05, 3.63) is 35.4 Å². The van der Waals surface area contributed by atoms with E-state index in [1.165, 1.54) is 13.0 Å². The van der Waals surface area contributed by atoms with Crippen LogP contribution in [-0.4, -0.2) is 35.6 Å². The molecule has 0 saturated carbocycles. The summed E-state index contributed by atoms with van der Waals surface area (Å²) in [5, 5.41) is 14.1. The Morgan fingerprint density at radius 3 is 2.71 bits per heavy atom. The van der Waals surface area contributed by atoms with Crippen LogP contribution < -0.4 is 10.6 Å². The molecule has 0 aliphatic carbocycles. The average molecular weight is 298 g/mol. The van der Waals surface area contributed by atoms with Gasteiger partial charge in [0.2, 0.25) is 5.91 Å². The van der Waals surface area contributed by atoms with E-state index >= 15 is 0 Å². The maximum absolute atomic E-state index is 13.3. The molecule has 2 rings (SSSR count). The van der Waals surface area contributed by atoms with Crippen molar-refractivity contribution in [2.24, 2.45) is 0 Å². The molecule has 1 aromatic rings. The first-order valence-corrected chi connectivity index (χ1v) is 6.61. The second-order valence-corrected chi connectivity index (χ2v) is 5.07. The topological polar surface area (TPSA) is 78.4 Å². The van der Waals surface area contributed by atoms with Gasteiger partial charge in [0.1, 0.15) is 6.04 Å². The summed E-state index contributed by atoms with van der Waals surface area (Å²) in [5.41, 5.74) is 0.516. The first-order chi connectivity index (χ1) is 9.90. The van der Waals surface area contributed by atoms with Gasteiger partial charge < -0.3 is 15.7 Å². The second-order valence-electron chi connectivity index (χ2n) is 5.07. The lowest BCUT2D eigenvalue weighted by molar-refractivity contribution is -0.141. The summed E-state index contributed by atoms with van der Waals surface area (Å²) in [6, 6.07) is 1.88. The third-order valence-corrected chi connectivity index (χ3v) is 3.61. The van der Waals surface area contributed by atoms with Crippen LogP contribution in [0.1, 0.15) is 24.8 Å². The number of carboxylic acids is 1. The predicted octanol–water partition coefficient (Wildman–Crippen LogP) is 1.000. The third-order valence-electron chi connectivity index (χ3n) is 3.61. The summed E-state index contributed by atoms with van der Waals surface area (Å²) in [4.78, 5) is 22.8. The summed E-state index contributed by atoms with van der Waals surface area (Å²) in [6.45, 7) is 1.91. The Hall–Kier alpha value is -2.02. The van der Waals surface area contributed by atoms with Crippen LogP contribution in [-0.2, 0) is 9.59 Å². The fourth-order valence-electron chi connectivity index (χ4n) is 2.45. The zero-order chi connectivity index (χ0) is 15.6. The van der Waals surface area contributed by atoms with E-state index in [-0.39, 0.29) is 5.92 Å². The number of carboxylic acid groups (broad SMARTS) is 1. The summed E-state index contributed by atoms with van der Waals surface area (Å²) in [7, 11) is 0. The van der Waals surface area contributed by atoms with Crippen molar-refractivity contribution in [2.75, 3.05) is 6.54 Å². The highest BCUT2D eigenvalue weighted by Crippen LogP contribution is 2.29. The number of nitrogens with one attached hydrogen (secondary N) is 2. The number of hydrogen-bond donors (Lipinski definition) is 3. The first-order valence-electron chi connectivity index (χ1n) is 6.61. The lowest BCUT2D eigenvalue weighted by atomic mass is 9.91. The van der Waals surface area contributed by atoms with E-state index in [1.54, 1.807) is 0 Å². The Kier molecular flexibility index (Phi) is 4.52. The molecule has 1 aliphatic rings. The van der Waals surface area contributed by atoms with Crippen LogP contribution in [0.2, 0.25) is 0 Å². The van der Waals surface area contributed by atoms with E-state index in [2.05, 4.69) is 10.6 Å². The van der Waals surface area contributed by atoms with Crippen LogP contribution in [0.15, 0.2) is 18.2 Å². The van der Waals surface area contributed by atoms with Gasteiger partial charge in [0, 0.05) is 5.92 Å². The number of aliphatic carboxylic acids is 1. The zero-order valence-electron chi connectivity index (χ0n) is 11.4. The number of rotatable bonds is 4. The molecule has 1 saturated heterocycles. The minimum absolute atomic E-state index is 0.318. The van der Waals surface area contributed by atoms with Crippen LogP contribution in [0.5, 0.6) is 0 Å². The average Bonchev–Trinajstić information content (AvgIpc) is 2.91. The number of hydrogen-bond acceptors (Lipinski definition) is 3. The molecule has 0 radical (unpaired) electrons. The van der Waals surface area contributed by atoms with E-state index in [0.29, 0.717) is 18.5 Å². The van der Waals surface area contributed by atoms with E-state index < -0.39 is 35.6 Å². The molecule has 114 valence electrons. The fourth-order valence-corrected chi connectivity index (χ4v) is 2.45. The largest absolute Gasteiger partial charge is 0.480 e. The molecule has 5 nitrogen and oxygen atoms in total. The van der Waals surface area contributed by atoms with Gasteiger partial charge in [-0.05, 0) is 37.6 Å². The fraction of sp³-hybridized carbons (Fsp3) is 0.429.